The van der Waals surface area contributed by atoms with Crippen LogP contribution in [0, 0.1) is 0 Å². The molecule has 1 saturated carbocycles. The largest absolute Gasteiger partial charge is 0.485 e. The summed E-state index contributed by atoms with van der Waals surface area (Å²) in [5, 5.41) is 3.30. The molecule has 0 bridgehead atoms. The maximum absolute atomic E-state index is 13.1. The Morgan fingerprint density at radius 2 is 2.03 bits per heavy atom. The molecule has 0 saturated heterocycles. The zero-order valence-electron chi connectivity index (χ0n) is 20.2. The molecule has 2 aliphatic heterocycles. The van der Waals surface area contributed by atoms with Crippen molar-refractivity contribution in [3.05, 3.63) is 29.5 Å². The Morgan fingerprint density at radius 3 is 2.71 bits per heavy atom. The van der Waals surface area contributed by atoms with Gasteiger partial charge < -0.3 is 25.6 Å². The van der Waals surface area contributed by atoms with E-state index >= 15 is 0 Å². The van der Waals surface area contributed by atoms with Gasteiger partial charge in [-0.3, -0.25) is 9.59 Å². The topological polar surface area (TPSA) is 114 Å². The Balaban J connectivity index is 1.55. The average molecular weight is 465 g/mol. The third-order valence-corrected chi connectivity index (χ3v) is 7.17. The van der Waals surface area contributed by atoms with Crippen molar-refractivity contribution >= 4 is 35.0 Å². The first kappa shape index (κ1) is 22.4. The highest BCUT2D eigenvalue weighted by atomic mass is 16.5. The summed E-state index contributed by atoms with van der Waals surface area (Å²) < 4.78 is 6.18. The SMILES string of the molecule is CCC1C(=O)N(C)c2cnc(Nc3ccc(C(N)=O)c4c3OC(C)(C)C4)nc2N1C1CCCC1. The summed E-state index contributed by atoms with van der Waals surface area (Å²) in [5.74, 6) is 1.42. The number of hydrogen-bond donors (Lipinski definition) is 2. The number of benzene rings is 1. The van der Waals surface area contributed by atoms with Crippen LogP contribution in [0.1, 0.15) is 68.8 Å². The van der Waals surface area contributed by atoms with Crippen LogP contribution in [-0.4, -0.2) is 46.5 Å². The van der Waals surface area contributed by atoms with E-state index in [4.69, 9.17) is 15.5 Å². The van der Waals surface area contributed by atoms with Gasteiger partial charge in [-0.15, -0.1) is 0 Å². The van der Waals surface area contributed by atoms with E-state index in [9.17, 15) is 9.59 Å². The zero-order chi connectivity index (χ0) is 24.2. The van der Waals surface area contributed by atoms with Crippen LogP contribution in [0.15, 0.2) is 18.3 Å². The van der Waals surface area contributed by atoms with Crippen molar-refractivity contribution in [3.63, 3.8) is 0 Å². The summed E-state index contributed by atoms with van der Waals surface area (Å²) in [7, 11) is 1.79. The number of amides is 2. The Labute approximate surface area is 199 Å². The Kier molecular flexibility index (Phi) is 5.37. The van der Waals surface area contributed by atoms with Crippen LogP contribution in [0.4, 0.5) is 23.1 Å². The highest BCUT2D eigenvalue weighted by molar-refractivity contribution is 6.04. The number of nitrogens with zero attached hydrogens (tertiary/aromatic N) is 4. The van der Waals surface area contributed by atoms with Crippen molar-refractivity contribution in [2.45, 2.75) is 77.0 Å². The van der Waals surface area contributed by atoms with Crippen molar-refractivity contribution in [1.29, 1.82) is 0 Å². The molecule has 5 rings (SSSR count). The summed E-state index contributed by atoms with van der Waals surface area (Å²) >= 11 is 0. The fourth-order valence-electron chi connectivity index (χ4n) is 5.55. The maximum Gasteiger partial charge on any atom is 0.249 e. The van der Waals surface area contributed by atoms with Gasteiger partial charge in [0, 0.05) is 30.6 Å². The molecule has 1 atom stereocenters. The van der Waals surface area contributed by atoms with E-state index in [1.165, 1.54) is 12.8 Å². The molecule has 3 N–H and O–H groups in total. The molecular weight excluding hydrogens is 432 g/mol. The summed E-state index contributed by atoms with van der Waals surface area (Å²) in [6.07, 6.45) is 7.46. The first-order valence-corrected chi connectivity index (χ1v) is 12.0. The second kappa shape index (κ2) is 8.14. The number of carbonyl (C=O) groups excluding carboxylic acids is 2. The molecule has 1 aromatic heterocycles. The summed E-state index contributed by atoms with van der Waals surface area (Å²) in [6.45, 7) is 6.01. The minimum Gasteiger partial charge on any atom is -0.485 e. The standard InChI is InChI=1S/C25H32N6O3/c1-5-18-23(33)30(4)19-13-27-24(29-22(19)31(18)14-8-6-7-9-14)28-17-11-10-15(21(26)32)16-12-25(2,3)34-20(16)17/h10-11,13-14,18H,5-9,12H2,1-4H3,(H2,26,32)(H,27,28,29). The lowest BCUT2D eigenvalue weighted by Crippen LogP contribution is -2.55. The fraction of sp³-hybridized carbons (Fsp3) is 0.520. The minimum absolute atomic E-state index is 0.0849. The van der Waals surface area contributed by atoms with Gasteiger partial charge in [-0.05, 0) is 45.2 Å². The molecule has 1 aromatic carbocycles. The van der Waals surface area contributed by atoms with Crippen molar-refractivity contribution in [2.75, 3.05) is 22.2 Å². The quantitative estimate of drug-likeness (QED) is 0.696. The number of nitrogens with two attached hydrogens (primary N) is 1. The number of carbonyl (C=O) groups is 2. The number of nitrogens with one attached hydrogen (secondary N) is 1. The molecule has 1 aliphatic carbocycles. The molecule has 2 amide bonds. The van der Waals surface area contributed by atoms with Crippen LogP contribution < -0.4 is 25.6 Å². The lowest BCUT2D eigenvalue weighted by Gasteiger charge is -2.43. The number of fused-ring (bicyclic) bond motifs is 2. The van der Waals surface area contributed by atoms with E-state index in [0.29, 0.717) is 35.4 Å². The van der Waals surface area contributed by atoms with Crippen molar-refractivity contribution < 1.29 is 14.3 Å². The summed E-state index contributed by atoms with van der Waals surface area (Å²) in [4.78, 5) is 38.4. The van der Waals surface area contributed by atoms with E-state index in [-0.39, 0.29) is 11.9 Å². The summed E-state index contributed by atoms with van der Waals surface area (Å²) in [6, 6.07) is 3.57. The van der Waals surface area contributed by atoms with Crippen LogP contribution in [0.3, 0.4) is 0 Å². The Morgan fingerprint density at radius 1 is 1.29 bits per heavy atom. The molecule has 180 valence electrons. The van der Waals surface area contributed by atoms with Gasteiger partial charge in [0.1, 0.15) is 23.1 Å². The summed E-state index contributed by atoms with van der Waals surface area (Å²) in [5.41, 5.74) is 7.83. The highest BCUT2D eigenvalue weighted by Crippen LogP contribution is 2.44. The molecule has 9 nitrogen and oxygen atoms in total. The second-order valence-corrected chi connectivity index (χ2v) is 10.1. The monoisotopic (exact) mass is 464 g/mol. The van der Waals surface area contributed by atoms with E-state index in [0.717, 1.165) is 36.3 Å². The zero-order valence-corrected chi connectivity index (χ0v) is 20.2. The number of primary amides is 1. The molecule has 1 unspecified atom stereocenters. The lowest BCUT2D eigenvalue weighted by atomic mass is 9.96. The minimum atomic E-state index is -0.473. The highest BCUT2D eigenvalue weighted by Gasteiger charge is 2.41. The molecular formula is C25H32N6O3. The van der Waals surface area contributed by atoms with Gasteiger partial charge in [0.05, 0.1) is 11.9 Å². The van der Waals surface area contributed by atoms with Crippen molar-refractivity contribution in [3.8, 4) is 5.75 Å². The Bertz CT molecular complexity index is 1160. The molecule has 0 spiro atoms. The van der Waals surface area contributed by atoms with Gasteiger partial charge in [-0.25, -0.2) is 4.98 Å². The molecule has 0 radical (unpaired) electrons. The van der Waals surface area contributed by atoms with Gasteiger partial charge >= 0.3 is 0 Å². The lowest BCUT2D eigenvalue weighted by molar-refractivity contribution is -0.120. The van der Waals surface area contributed by atoms with E-state index in [1.54, 1.807) is 30.3 Å². The van der Waals surface area contributed by atoms with Gasteiger partial charge in [0.25, 0.3) is 0 Å². The maximum atomic E-state index is 13.1. The van der Waals surface area contributed by atoms with Gasteiger partial charge in [0.15, 0.2) is 5.82 Å². The normalized spacial score (nSPS) is 21.3. The predicted octanol–water partition coefficient (Wildman–Crippen LogP) is 3.54. The molecule has 1 fully saturated rings. The van der Waals surface area contributed by atoms with Crippen LogP contribution >= 0.6 is 0 Å². The predicted molar refractivity (Wildman–Crippen MR) is 131 cm³/mol. The van der Waals surface area contributed by atoms with Gasteiger partial charge in [-0.1, -0.05) is 19.8 Å². The molecule has 9 heteroatoms. The number of ether oxygens (including phenoxy) is 1. The van der Waals surface area contributed by atoms with Crippen molar-refractivity contribution in [1.82, 2.24) is 9.97 Å². The van der Waals surface area contributed by atoms with Crippen LogP contribution in [0.25, 0.3) is 0 Å². The molecule has 3 aliphatic rings. The van der Waals surface area contributed by atoms with E-state index in [2.05, 4.69) is 15.2 Å². The second-order valence-electron chi connectivity index (χ2n) is 10.1. The average Bonchev–Trinajstić information content (AvgIpc) is 3.43. The molecule has 2 aromatic rings. The van der Waals surface area contributed by atoms with Gasteiger partial charge in [0.2, 0.25) is 17.8 Å². The first-order valence-electron chi connectivity index (χ1n) is 12.0. The number of aromatic nitrogens is 2. The number of rotatable bonds is 5. The van der Waals surface area contributed by atoms with Crippen LogP contribution in [0.5, 0.6) is 5.75 Å². The first-order chi connectivity index (χ1) is 16.2. The Hall–Kier alpha value is -3.36. The van der Waals surface area contributed by atoms with E-state index < -0.39 is 11.5 Å². The number of likely N-dealkylation sites (N-methyl/N-ethyl adjacent to an activating group) is 1. The smallest absolute Gasteiger partial charge is 0.249 e. The third kappa shape index (κ3) is 3.63. The molecule has 3 heterocycles. The van der Waals surface area contributed by atoms with Crippen LogP contribution in [0.2, 0.25) is 0 Å². The van der Waals surface area contributed by atoms with Crippen LogP contribution in [-0.2, 0) is 11.2 Å². The number of hydrogen-bond acceptors (Lipinski definition) is 7. The van der Waals surface area contributed by atoms with E-state index in [1.807, 2.05) is 20.8 Å². The van der Waals surface area contributed by atoms with Gasteiger partial charge in [-0.2, -0.15) is 4.98 Å². The third-order valence-electron chi connectivity index (χ3n) is 7.17. The van der Waals surface area contributed by atoms with Crippen molar-refractivity contribution in [2.24, 2.45) is 5.73 Å². The number of anilines is 4. The molecule has 34 heavy (non-hydrogen) atoms. The fourth-order valence-corrected chi connectivity index (χ4v) is 5.55.